The second kappa shape index (κ2) is 7.95. The van der Waals surface area contributed by atoms with Crippen LogP contribution in [0.1, 0.15) is 5.69 Å². The van der Waals surface area contributed by atoms with Crippen LogP contribution in [0.15, 0.2) is 52.9 Å². The molecule has 1 aromatic carbocycles. The van der Waals surface area contributed by atoms with E-state index in [1.54, 1.807) is 35.2 Å². The van der Waals surface area contributed by atoms with Gasteiger partial charge in [-0.2, -0.15) is 9.78 Å². The number of carbonyl (C=O) groups is 1. The number of tetrazole rings is 1. The topological polar surface area (TPSA) is 90.0 Å². The normalized spacial score (nSPS) is 11.1. The minimum atomic E-state index is -0.249. The lowest BCUT2D eigenvalue weighted by Crippen LogP contribution is -2.20. The predicted octanol–water partition coefficient (Wildman–Crippen LogP) is 1.90. The van der Waals surface area contributed by atoms with Crippen molar-refractivity contribution in [3.8, 4) is 5.69 Å². The van der Waals surface area contributed by atoms with Gasteiger partial charge in [-0.1, -0.05) is 23.4 Å². The molecule has 3 rings (SSSR count). The van der Waals surface area contributed by atoms with Crippen molar-refractivity contribution in [3.63, 3.8) is 0 Å². The number of amides is 1. The molecule has 3 aromatic rings. The Bertz CT molecular complexity index is 887. The molecule has 1 N–H and O–H groups in total. The molecule has 2 aromatic heterocycles. The summed E-state index contributed by atoms with van der Waals surface area (Å²) in [5.74, 6) is -0.112. The first-order chi connectivity index (χ1) is 12.1. The molecule has 2 heterocycles. The van der Waals surface area contributed by atoms with Gasteiger partial charge < -0.3 is 4.57 Å². The summed E-state index contributed by atoms with van der Waals surface area (Å²) < 4.78 is 3.44. The lowest BCUT2D eigenvalue weighted by atomic mass is 10.3. The summed E-state index contributed by atoms with van der Waals surface area (Å²) in [6.07, 6.45) is 3.48. The fourth-order valence-electron chi connectivity index (χ4n) is 1.95. The molecule has 25 heavy (non-hydrogen) atoms. The molecular formula is C15H14ClN7OS. The van der Waals surface area contributed by atoms with Crippen LogP contribution in [-0.2, 0) is 11.8 Å². The summed E-state index contributed by atoms with van der Waals surface area (Å²) in [5.41, 5.74) is 4.13. The van der Waals surface area contributed by atoms with Crippen LogP contribution < -0.4 is 5.43 Å². The van der Waals surface area contributed by atoms with Crippen molar-refractivity contribution in [3.05, 3.63) is 53.3 Å². The first-order valence-electron chi connectivity index (χ1n) is 7.24. The maximum Gasteiger partial charge on any atom is 0.250 e. The van der Waals surface area contributed by atoms with Gasteiger partial charge >= 0.3 is 0 Å². The highest BCUT2D eigenvalue weighted by molar-refractivity contribution is 7.99. The van der Waals surface area contributed by atoms with Crippen molar-refractivity contribution in [1.29, 1.82) is 0 Å². The number of aryl methyl sites for hydroxylation is 1. The fourth-order valence-corrected chi connectivity index (χ4v) is 2.76. The SMILES string of the molecule is Cn1cccc1/C=N/NC(=O)CSc1nnnn1-c1ccc(Cl)cc1. The Morgan fingerprint density at radius 2 is 2.16 bits per heavy atom. The molecule has 0 fully saturated rings. The van der Waals surface area contributed by atoms with Gasteiger partial charge in [-0.3, -0.25) is 4.79 Å². The van der Waals surface area contributed by atoms with E-state index in [1.807, 2.05) is 29.9 Å². The summed E-state index contributed by atoms with van der Waals surface area (Å²) in [6, 6.07) is 10.9. The van der Waals surface area contributed by atoms with E-state index >= 15 is 0 Å². The smallest absolute Gasteiger partial charge is 0.250 e. The van der Waals surface area contributed by atoms with E-state index in [9.17, 15) is 4.79 Å². The monoisotopic (exact) mass is 375 g/mol. The van der Waals surface area contributed by atoms with Crippen LogP contribution in [0.2, 0.25) is 5.02 Å². The van der Waals surface area contributed by atoms with Crippen LogP contribution in [0.4, 0.5) is 0 Å². The molecule has 128 valence electrons. The maximum absolute atomic E-state index is 11.9. The molecule has 0 radical (unpaired) electrons. The first-order valence-corrected chi connectivity index (χ1v) is 8.60. The van der Waals surface area contributed by atoms with Crippen LogP contribution in [-0.4, -0.2) is 42.6 Å². The number of nitrogens with one attached hydrogen (secondary N) is 1. The number of hydrogen-bond acceptors (Lipinski definition) is 6. The zero-order valence-electron chi connectivity index (χ0n) is 13.2. The molecule has 0 aliphatic heterocycles. The number of carbonyl (C=O) groups excluding carboxylic acids is 1. The number of rotatable bonds is 6. The van der Waals surface area contributed by atoms with E-state index in [1.165, 1.54) is 11.8 Å². The van der Waals surface area contributed by atoms with Crippen LogP contribution in [0, 0.1) is 0 Å². The Morgan fingerprint density at radius 1 is 1.36 bits per heavy atom. The number of halogens is 1. The average Bonchev–Trinajstić information content (AvgIpc) is 3.23. The summed E-state index contributed by atoms with van der Waals surface area (Å²) in [5, 5.41) is 16.6. The molecule has 0 bridgehead atoms. The van der Waals surface area contributed by atoms with E-state index in [4.69, 9.17) is 11.6 Å². The molecule has 0 atom stereocenters. The van der Waals surface area contributed by atoms with Crippen molar-refractivity contribution in [2.45, 2.75) is 5.16 Å². The highest BCUT2D eigenvalue weighted by atomic mass is 35.5. The summed E-state index contributed by atoms with van der Waals surface area (Å²) in [6.45, 7) is 0. The Balaban J connectivity index is 1.56. The number of thioether (sulfide) groups is 1. The van der Waals surface area contributed by atoms with Gasteiger partial charge in [0.05, 0.1) is 23.3 Å². The minimum absolute atomic E-state index is 0.137. The van der Waals surface area contributed by atoms with Crippen molar-refractivity contribution in [1.82, 2.24) is 30.2 Å². The summed E-state index contributed by atoms with van der Waals surface area (Å²) >= 11 is 7.09. The van der Waals surface area contributed by atoms with E-state index in [2.05, 4.69) is 26.1 Å². The van der Waals surface area contributed by atoms with Gasteiger partial charge in [0.1, 0.15) is 0 Å². The van der Waals surface area contributed by atoms with Crippen molar-refractivity contribution >= 4 is 35.5 Å². The molecule has 8 nitrogen and oxygen atoms in total. The Morgan fingerprint density at radius 3 is 2.88 bits per heavy atom. The minimum Gasteiger partial charge on any atom is -0.350 e. The van der Waals surface area contributed by atoms with Gasteiger partial charge in [0.15, 0.2) is 0 Å². The van der Waals surface area contributed by atoms with Crippen molar-refractivity contribution in [2.75, 3.05) is 5.75 Å². The Hall–Kier alpha value is -2.65. The molecule has 0 aliphatic rings. The van der Waals surface area contributed by atoms with E-state index in [0.717, 1.165) is 11.4 Å². The maximum atomic E-state index is 11.9. The fraction of sp³-hybridized carbons (Fsp3) is 0.133. The van der Waals surface area contributed by atoms with Gasteiger partial charge in [0.25, 0.3) is 5.91 Å². The first kappa shape index (κ1) is 17.2. The highest BCUT2D eigenvalue weighted by Gasteiger charge is 2.11. The average molecular weight is 376 g/mol. The molecule has 0 spiro atoms. The lowest BCUT2D eigenvalue weighted by molar-refractivity contribution is -0.118. The lowest BCUT2D eigenvalue weighted by Gasteiger charge is -2.04. The molecule has 10 heteroatoms. The number of nitrogens with zero attached hydrogens (tertiary/aromatic N) is 6. The quantitative estimate of drug-likeness (QED) is 0.403. The molecule has 0 unspecified atom stereocenters. The standard InChI is InChI=1S/C15H14ClN7OS/c1-22-8-2-3-13(22)9-17-18-14(24)10-25-15-19-20-21-23(15)12-6-4-11(16)5-7-12/h2-9H,10H2,1H3,(H,18,24)/b17-9+. The van der Waals surface area contributed by atoms with Crippen molar-refractivity contribution in [2.24, 2.45) is 12.1 Å². The largest absolute Gasteiger partial charge is 0.350 e. The third-order valence-corrected chi connectivity index (χ3v) is 4.39. The zero-order valence-corrected chi connectivity index (χ0v) is 14.8. The number of benzene rings is 1. The number of aromatic nitrogens is 5. The van der Waals surface area contributed by atoms with Gasteiger partial charge in [-0.25, -0.2) is 5.43 Å². The Kier molecular flexibility index (Phi) is 5.46. The van der Waals surface area contributed by atoms with E-state index in [0.29, 0.717) is 10.2 Å². The van der Waals surface area contributed by atoms with Crippen LogP contribution >= 0.6 is 23.4 Å². The Labute approximate surface area is 152 Å². The number of hydrazone groups is 1. The molecule has 1 amide bonds. The van der Waals surface area contributed by atoms with Gasteiger partial charge in [0, 0.05) is 18.3 Å². The van der Waals surface area contributed by atoms with Gasteiger partial charge in [-0.05, 0) is 46.8 Å². The predicted molar refractivity (Wildman–Crippen MR) is 96.0 cm³/mol. The molecule has 0 saturated heterocycles. The van der Waals surface area contributed by atoms with Gasteiger partial charge in [-0.15, -0.1) is 5.10 Å². The van der Waals surface area contributed by atoms with Crippen LogP contribution in [0.5, 0.6) is 0 Å². The second-order valence-electron chi connectivity index (χ2n) is 4.98. The molecular weight excluding hydrogens is 362 g/mol. The third-order valence-electron chi connectivity index (χ3n) is 3.21. The van der Waals surface area contributed by atoms with Crippen LogP contribution in [0.25, 0.3) is 5.69 Å². The summed E-state index contributed by atoms with van der Waals surface area (Å²) in [7, 11) is 1.90. The van der Waals surface area contributed by atoms with Crippen molar-refractivity contribution < 1.29 is 4.79 Å². The molecule has 0 aliphatic carbocycles. The van der Waals surface area contributed by atoms with Gasteiger partial charge in [0.2, 0.25) is 5.16 Å². The summed E-state index contributed by atoms with van der Waals surface area (Å²) in [4.78, 5) is 11.9. The second-order valence-corrected chi connectivity index (χ2v) is 6.35. The zero-order chi connectivity index (χ0) is 17.6. The van der Waals surface area contributed by atoms with Crippen LogP contribution in [0.3, 0.4) is 0 Å². The highest BCUT2D eigenvalue weighted by Crippen LogP contribution is 2.19. The molecule has 0 saturated carbocycles. The number of hydrogen-bond donors (Lipinski definition) is 1. The van der Waals surface area contributed by atoms with E-state index < -0.39 is 0 Å². The third kappa shape index (κ3) is 4.46. The van der Waals surface area contributed by atoms with E-state index in [-0.39, 0.29) is 11.7 Å².